The predicted octanol–water partition coefficient (Wildman–Crippen LogP) is 3.55. The number of aromatic nitrogens is 4. The summed E-state index contributed by atoms with van der Waals surface area (Å²) in [5.41, 5.74) is -0.669. The Morgan fingerprint density at radius 2 is 1.84 bits per heavy atom. The van der Waals surface area contributed by atoms with Crippen LogP contribution in [0.3, 0.4) is 0 Å². The summed E-state index contributed by atoms with van der Waals surface area (Å²) in [6.07, 6.45) is -1.59. The van der Waals surface area contributed by atoms with E-state index in [1.807, 2.05) is 0 Å². The number of halogens is 3. The number of carbonyl (C=O) groups is 1. The maximum atomic E-state index is 13.2. The molecule has 2 aromatic carbocycles. The summed E-state index contributed by atoms with van der Waals surface area (Å²) in [4.78, 5) is 25.3. The van der Waals surface area contributed by atoms with E-state index in [9.17, 15) is 22.8 Å². The molecule has 31 heavy (non-hydrogen) atoms. The number of hydrogen-bond acceptors (Lipinski definition) is 4. The molecule has 7 nitrogen and oxygen atoms in total. The molecule has 2 heterocycles. The van der Waals surface area contributed by atoms with Crippen molar-refractivity contribution >= 4 is 22.4 Å². The van der Waals surface area contributed by atoms with Gasteiger partial charge in [0.05, 0.1) is 28.0 Å². The summed E-state index contributed by atoms with van der Waals surface area (Å²) < 4.78 is 41.9. The Bertz CT molecular complexity index is 1330. The van der Waals surface area contributed by atoms with E-state index < -0.39 is 29.8 Å². The van der Waals surface area contributed by atoms with Crippen molar-refractivity contribution in [2.45, 2.75) is 19.6 Å². The molecule has 1 N–H and O–H groups in total. The molecule has 0 radical (unpaired) electrons. The van der Waals surface area contributed by atoms with Crippen molar-refractivity contribution in [3.63, 3.8) is 0 Å². The number of rotatable bonds is 4. The van der Waals surface area contributed by atoms with Crippen molar-refractivity contribution in [1.29, 1.82) is 0 Å². The fourth-order valence-electron chi connectivity index (χ4n) is 3.26. The lowest BCUT2D eigenvalue weighted by molar-refractivity contribution is -0.137. The van der Waals surface area contributed by atoms with E-state index in [0.717, 1.165) is 16.8 Å². The van der Waals surface area contributed by atoms with Crippen LogP contribution in [0.2, 0.25) is 0 Å². The monoisotopic (exact) mass is 427 g/mol. The van der Waals surface area contributed by atoms with Crippen LogP contribution in [0, 0.1) is 6.92 Å². The van der Waals surface area contributed by atoms with Crippen LogP contribution >= 0.6 is 0 Å². The first-order chi connectivity index (χ1) is 14.7. The Morgan fingerprint density at radius 3 is 2.52 bits per heavy atom. The van der Waals surface area contributed by atoms with Gasteiger partial charge in [-0.2, -0.15) is 23.4 Å². The van der Waals surface area contributed by atoms with Crippen LogP contribution in [-0.2, 0) is 17.5 Å². The second kappa shape index (κ2) is 7.71. The topological polar surface area (TPSA) is 81.8 Å². The van der Waals surface area contributed by atoms with Gasteiger partial charge in [-0.3, -0.25) is 9.59 Å². The average Bonchev–Trinajstić information content (AvgIpc) is 3.26. The molecule has 0 aliphatic rings. The maximum absolute atomic E-state index is 13.2. The standard InChI is InChI=1S/C21H16F3N5O2/c1-13-15-5-2-3-6-16(15)20(31)29(27-13)12-19(30)26-17-11-14(21(22,23)24)7-8-18(17)28-10-4-9-25-28/h2-11H,12H2,1H3,(H,26,30). The highest BCUT2D eigenvalue weighted by Gasteiger charge is 2.31. The Labute approximate surface area is 173 Å². The lowest BCUT2D eigenvalue weighted by atomic mass is 10.1. The number of nitrogens with one attached hydrogen (secondary N) is 1. The van der Waals surface area contributed by atoms with Gasteiger partial charge in [-0.1, -0.05) is 18.2 Å². The molecule has 0 fully saturated rings. The summed E-state index contributed by atoms with van der Waals surface area (Å²) >= 11 is 0. The lowest BCUT2D eigenvalue weighted by Gasteiger charge is -2.15. The predicted molar refractivity (Wildman–Crippen MR) is 108 cm³/mol. The average molecular weight is 427 g/mol. The number of amides is 1. The van der Waals surface area contributed by atoms with Crippen molar-refractivity contribution in [3.8, 4) is 5.69 Å². The van der Waals surface area contributed by atoms with Crippen molar-refractivity contribution in [2.24, 2.45) is 0 Å². The van der Waals surface area contributed by atoms with Gasteiger partial charge in [0, 0.05) is 17.8 Å². The number of nitrogens with zero attached hydrogens (tertiary/aromatic N) is 4. The van der Waals surface area contributed by atoms with Gasteiger partial charge in [0.15, 0.2) is 0 Å². The molecule has 0 unspecified atom stereocenters. The van der Waals surface area contributed by atoms with Crippen LogP contribution in [0.15, 0.2) is 65.7 Å². The second-order valence-corrected chi connectivity index (χ2v) is 6.82. The minimum absolute atomic E-state index is 0.0888. The summed E-state index contributed by atoms with van der Waals surface area (Å²) in [5.74, 6) is -0.697. The van der Waals surface area contributed by atoms with Gasteiger partial charge < -0.3 is 5.32 Å². The van der Waals surface area contributed by atoms with Gasteiger partial charge in [-0.15, -0.1) is 0 Å². The molecule has 0 bridgehead atoms. The molecule has 0 spiro atoms. The van der Waals surface area contributed by atoms with Crippen LogP contribution in [0.5, 0.6) is 0 Å². The van der Waals surface area contributed by atoms with Gasteiger partial charge in [0.1, 0.15) is 6.54 Å². The molecule has 0 aliphatic heterocycles. The van der Waals surface area contributed by atoms with Crippen LogP contribution in [-0.4, -0.2) is 25.5 Å². The van der Waals surface area contributed by atoms with E-state index in [4.69, 9.17) is 0 Å². The van der Waals surface area contributed by atoms with Gasteiger partial charge >= 0.3 is 6.18 Å². The van der Waals surface area contributed by atoms with Crippen LogP contribution in [0.25, 0.3) is 16.5 Å². The maximum Gasteiger partial charge on any atom is 0.416 e. The highest BCUT2D eigenvalue weighted by molar-refractivity contribution is 5.93. The molecular formula is C21H16F3N5O2. The first kappa shape index (κ1) is 20.3. The van der Waals surface area contributed by atoms with Crippen LogP contribution < -0.4 is 10.9 Å². The molecule has 4 rings (SSSR count). The number of alkyl halides is 3. The van der Waals surface area contributed by atoms with E-state index in [-0.39, 0.29) is 11.4 Å². The van der Waals surface area contributed by atoms with Gasteiger partial charge in [-0.05, 0) is 37.3 Å². The number of anilines is 1. The van der Waals surface area contributed by atoms with E-state index in [1.54, 1.807) is 37.3 Å². The fourth-order valence-corrected chi connectivity index (χ4v) is 3.26. The third kappa shape index (κ3) is 4.04. The number of fused-ring (bicyclic) bond motifs is 1. The summed E-state index contributed by atoms with van der Waals surface area (Å²) in [5, 5.41) is 11.7. The molecule has 10 heteroatoms. The molecule has 0 saturated carbocycles. The smallest absolute Gasteiger partial charge is 0.323 e. The number of benzene rings is 2. The molecule has 1 amide bonds. The van der Waals surface area contributed by atoms with Crippen molar-refractivity contribution in [2.75, 3.05) is 5.32 Å². The van der Waals surface area contributed by atoms with Gasteiger partial charge in [0.2, 0.25) is 5.91 Å². The van der Waals surface area contributed by atoms with E-state index >= 15 is 0 Å². The Hall–Kier alpha value is -3.95. The van der Waals surface area contributed by atoms with E-state index in [1.165, 1.54) is 23.1 Å². The largest absolute Gasteiger partial charge is 0.416 e. The molecule has 0 saturated heterocycles. The minimum atomic E-state index is -4.59. The highest BCUT2D eigenvalue weighted by Crippen LogP contribution is 2.33. The lowest BCUT2D eigenvalue weighted by Crippen LogP contribution is -2.30. The SMILES string of the molecule is Cc1nn(CC(=O)Nc2cc(C(F)(F)F)ccc2-n2cccn2)c(=O)c2ccccc12. The Morgan fingerprint density at radius 1 is 1.10 bits per heavy atom. The van der Waals surface area contributed by atoms with Crippen molar-refractivity contribution in [1.82, 2.24) is 19.6 Å². The van der Waals surface area contributed by atoms with Crippen molar-refractivity contribution < 1.29 is 18.0 Å². The highest BCUT2D eigenvalue weighted by atomic mass is 19.4. The van der Waals surface area contributed by atoms with Crippen molar-refractivity contribution in [3.05, 3.63) is 82.5 Å². The number of hydrogen-bond donors (Lipinski definition) is 1. The van der Waals surface area contributed by atoms with E-state index in [2.05, 4.69) is 15.5 Å². The molecule has 158 valence electrons. The first-order valence-electron chi connectivity index (χ1n) is 9.21. The third-order valence-electron chi connectivity index (χ3n) is 4.69. The van der Waals surface area contributed by atoms with E-state index in [0.29, 0.717) is 16.5 Å². The van der Waals surface area contributed by atoms with Crippen LogP contribution in [0.1, 0.15) is 11.3 Å². The van der Waals surface area contributed by atoms with Crippen LogP contribution in [0.4, 0.5) is 18.9 Å². The fraction of sp³-hybridized carbons (Fsp3) is 0.143. The Balaban J connectivity index is 1.68. The number of aryl methyl sites for hydroxylation is 1. The zero-order valence-electron chi connectivity index (χ0n) is 16.2. The zero-order valence-corrected chi connectivity index (χ0v) is 16.2. The molecule has 0 aliphatic carbocycles. The summed E-state index contributed by atoms with van der Waals surface area (Å²) in [6.45, 7) is 1.25. The normalized spacial score (nSPS) is 11.6. The van der Waals surface area contributed by atoms with Gasteiger partial charge in [0.25, 0.3) is 5.56 Å². The Kier molecular flexibility index (Phi) is 5.05. The molecule has 4 aromatic rings. The molecular weight excluding hydrogens is 411 g/mol. The quantitative estimate of drug-likeness (QED) is 0.540. The molecule has 0 atom stereocenters. The first-order valence-corrected chi connectivity index (χ1v) is 9.21. The zero-order chi connectivity index (χ0) is 22.2. The summed E-state index contributed by atoms with van der Waals surface area (Å²) in [7, 11) is 0. The molecule has 2 aromatic heterocycles. The second-order valence-electron chi connectivity index (χ2n) is 6.82. The minimum Gasteiger partial charge on any atom is -0.323 e. The number of carbonyl (C=O) groups excluding carboxylic acids is 1. The van der Waals surface area contributed by atoms with Gasteiger partial charge in [-0.25, -0.2) is 9.36 Å². The summed E-state index contributed by atoms with van der Waals surface area (Å²) in [6, 6.07) is 11.4. The third-order valence-corrected chi connectivity index (χ3v) is 4.69.